The molecule has 0 aromatic heterocycles. The summed E-state index contributed by atoms with van der Waals surface area (Å²) in [5.74, 6) is -2.28. The topological polar surface area (TPSA) is 94.9 Å². The molecule has 70 valence electrons. The van der Waals surface area contributed by atoms with Crippen LogP contribution in [-0.4, -0.2) is 53.9 Å². The van der Waals surface area contributed by atoms with Gasteiger partial charge in [0.15, 0.2) is 5.75 Å². The zero-order valence-electron chi connectivity index (χ0n) is 6.17. The summed E-state index contributed by atoms with van der Waals surface area (Å²) in [7, 11) is -3.68. The first kappa shape index (κ1) is 9.43. The number of hydrogen-bond acceptors (Lipinski definition) is 4. The molecule has 0 spiro atoms. The molecule has 0 radical (unpaired) electrons. The van der Waals surface area contributed by atoms with Gasteiger partial charge in [-0.1, -0.05) is 0 Å². The van der Waals surface area contributed by atoms with Crippen LogP contribution in [0.15, 0.2) is 0 Å². The molecule has 0 aromatic rings. The fourth-order valence-corrected chi connectivity index (χ4v) is 2.18. The maximum absolute atomic E-state index is 11.0. The lowest BCUT2D eigenvalue weighted by molar-refractivity contribution is -0.134. The third kappa shape index (κ3) is 1.93. The molecule has 0 atom stereocenters. The van der Waals surface area contributed by atoms with Crippen molar-refractivity contribution in [2.45, 2.75) is 6.10 Å². The van der Waals surface area contributed by atoms with Gasteiger partial charge in [-0.3, -0.25) is 4.79 Å². The SMILES string of the molecule is O=C(O)CS(=O)(=O)N1CC(O)C1. The fraction of sp³-hybridized carbons (Fsp3) is 0.800. The van der Waals surface area contributed by atoms with Crippen molar-refractivity contribution in [3.05, 3.63) is 0 Å². The van der Waals surface area contributed by atoms with Gasteiger partial charge in [0.25, 0.3) is 0 Å². The maximum atomic E-state index is 11.0. The third-order valence-corrected chi connectivity index (χ3v) is 3.22. The van der Waals surface area contributed by atoms with Crippen molar-refractivity contribution in [3.63, 3.8) is 0 Å². The first-order valence-corrected chi connectivity index (χ1v) is 4.90. The highest BCUT2D eigenvalue weighted by Gasteiger charge is 2.35. The second-order valence-corrected chi connectivity index (χ2v) is 4.59. The summed E-state index contributed by atoms with van der Waals surface area (Å²) in [5.41, 5.74) is 0. The Balaban J connectivity index is 2.56. The first-order valence-electron chi connectivity index (χ1n) is 3.29. The van der Waals surface area contributed by atoms with Crippen LogP contribution >= 0.6 is 0 Å². The normalized spacial score (nSPS) is 20.4. The number of carboxylic acids is 1. The van der Waals surface area contributed by atoms with Crippen molar-refractivity contribution < 1.29 is 23.4 Å². The van der Waals surface area contributed by atoms with Gasteiger partial charge in [-0.05, 0) is 0 Å². The predicted octanol–water partition coefficient (Wildman–Crippen LogP) is -1.92. The molecule has 0 amide bonds. The Morgan fingerprint density at radius 1 is 1.50 bits per heavy atom. The molecular formula is C5H9NO5S. The van der Waals surface area contributed by atoms with Gasteiger partial charge >= 0.3 is 5.97 Å². The molecule has 12 heavy (non-hydrogen) atoms. The Morgan fingerprint density at radius 2 is 2.00 bits per heavy atom. The largest absolute Gasteiger partial charge is 0.480 e. The molecule has 1 rings (SSSR count). The molecule has 0 saturated carbocycles. The monoisotopic (exact) mass is 195 g/mol. The van der Waals surface area contributed by atoms with Crippen molar-refractivity contribution in [3.8, 4) is 0 Å². The molecule has 1 aliphatic heterocycles. The van der Waals surface area contributed by atoms with Crippen LogP contribution < -0.4 is 0 Å². The Hall–Kier alpha value is -0.660. The fourth-order valence-electron chi connectivity index (χ4n) is 0.891. The van der Waals surface area contributed by atoms with Crippen molar-refractivity contribution in [1.82, 2.24) is 4.31 Å². The summed E-state index contributed by atoms with van der Waals surface area (Å²) in [6.07, 6.45) is -0.645. The van der Waals surface area contributed by atoms with E-state index in [1.807, 2.05) is 0 Å². The molecule has 2 N–H and O–H groups in total. The van der Waals surface area contributed by atoms with E-state index in [2.05, 4.69) is 0 Å². The van der Waals surface area contributed by atoms with E-state index in [0.717, 1.165) is 4.31 Å². The summed E-state index contributed by atoms with van der Waals surface area (Å²) in [5, 5.41) is 17.0. The van der Waals surface area contributed by atoms with E-state index in [1.54, 1.807) is 0 Å². The van der Waals surface area contributed by atoms with Gasteiger partial charge in [-0.25, -0.2) is 8.42 Å². The molecular weight excluding hydrogens is 186 g/mol. The summed E-state index contributed by atoms with van der Waals surface area (Å²) in [6.45, 7) is 0.0191. The molecule has 1 heterocycles. The minimum Gasteiger partial charge on any atom is -0.480 e. The standard InChI is InChI=1S/C5H9NO5S/c7-4-1-6(2-4)12(10,11)3-5(8)9/h4,7H,1-3H2,(H,8,9). The smallest absolute Gasteiger partial charge is 0.320 e. The van der Waals surface area contributed by atoms with Crippen LogP contribution in [0, 0.1) is 0 Å². The van der Waals surface area contributed by atoms with Gasteiger partial charge in [0.2, 0.25) is 10.0 Å². The summed E-state index contributed by atoms with van der Waals surface area (Å²) < 4.78 is 23.0. The zero-order valence-corrected chi connectivity index (χ0v) is 6.99. The second-order valence-electron chi connectivity index (χ2n) is 2.62. The number of aliphatic carboxylic acids is 1. The van der Waals surface area contributed by atoms with Gasteiger partial charge in [0.05, 0.1) is 6.10 Å². The predicted molar refractivity (Wildman–Crippen MR) is 39.0 cm³/mol. The van der Waals surface area contributed by atoms with Gasteiger partial charge in [-0.15, -0.1) is 0 Å². The highest BCUT2D eigenvalue weighted by Crippen LogP contribution is 2.13. The average Bonchev–Trinajstić information content (AvgIpc) is 1.77. The second kappa shape index (κ2) is 3.00. The van der Waals surface area contributed by atoms with E-state index in [1.165, 1.54) is 0 Å². The number of carbonyl (C=O) groups is 1. The molecule has 0 aliphatic carbocycles. The van der Waals surface area contributed by atoms with E-state index in [0.29, 0.717) is 0 Å². The Kier molecular flexibility index (Phi) is 2.36. The number of carboxylic acid groups (broad SMARTS) is 1. The summed E-state index contributed by atoms with van der Waals surface area (Å²) in [6, 6.07) is 0. The van der Waals surface area contributed by atoms with Gasteiger partial charge < -0.3 is 10.2 Å². The Bertz CT molecular complexity index is 278. The van der Waals surface area contributed by atoms with Crippen LogP contribution in [0.5, 0.6) is 0 Å². The first-order chi connectivity index (χ1) is 5.42. The number of β-amino-alcohol motifs (C(OH)–C–C–N with tert-alkyl or cyclic N) is 1. The van der Waals surface area contributed by atoms with E-state index >= 15 is 0 Å². The van der Waals surface area contributed by atoms with Crippen LogP contribution in [0.2, 0.25) is 0 Å². The lowest BCUT2D eigenvalue weighted by Crippen LogP contribution is -2.54. The highest BCUT2D eigenvalue weighted by atomic mass is 32.2. The molecule has 0 aromatic carbocycles. The van der Waals surface area contributed by atoms with Crippen molar-refractivity contribution >= 4 is 16.0 Å². The minimum absolute atomic E-state index is 0.00954. The van der Waals surface area contributed by atoms with Crippen LogP contribution in [0.1, 0.15) is 0 Å². The zero-order chi connectivity index (χ0) is 9.35. The van der Waals surface area contributed by atoms with E-state index in [9.17, 15) is 13.2 Å². The maximum Gasteiger partial charge on any atom is 0.320 e. The number of hydrogen-bond donors (Lipinski definition) is 2. The molecule has 1 saturated heterocycles. The molecule has 0 unspecified atom stereocenters. The summed E-state index contributed by atoms with van der Waals surface area (Å²) >= 11 is 0. The van der Waals surface area contributed by atoms with Crippen LogP contribution in [0.3, 0.4) is 0 Å². The molecule has 0 bridgehead atoms. The Labute approximate surface area is 69.5 Å². The number of aliphatic hydroxyl groups is 1. The lowest BCUT2D eigenvalue weighted by Gasteiger charge is -2.33. The average molecular weight is 195 g/mol. The van der Waals surface area contributed by atoms with Crippen LogP contribution in [0.25, 0.3) is 0 Å². The molecule has 1 aliphatic rings. The number of aliphatic hydroxyl groups excluding tert-OH is 1. The lowest BCUT2D eigenvalue weighted by atomic mass is 10.2. The number of sulfonamides is 1. The van der Waals surface area contributed by atoms with E-state index in [-0.39, 0.29) is 13.1 Å². The van der Waals surface area contributed by atoms with Gasteiger partial charge in [-0.2, -0.15) is 4.31 Å². The van der Waals surface area contributed by atoms with Crippen molar-refractivity contribution in [1.29, 1.82) is 0 Å². The van der Waals surface area contributed by atoms with Crippen LogP contribution in [-0.2, 0) is 14.8 Å². The number of rotatable bonds is 3. The van der Waals surface area contributed by atoms with Crippen molar-refractivity contribution in [2.75, 3.05) is 18.8 Å². The third-order valence-electron chi connectivity index (χ3n) is 1.53. The molecule has 1 fully saturated rings. The van der Waals surface area contributed by atoms with Gasteiger partial charge in [0, 0.05) is 13.1 Å². The molecule has 7 heteroatoms. The highest BCUT2D eigenvalue weighted by molar-refractivity contribution is 7.89. The van der Waals surface area contributed by atoms with Gasteiger partial charge in [0.1, 0.15) is 0 Å². The van der Waals surface area contributed by atoms with Crippen molar-refractivity contribution in [2.24, 2.45) is 0 Å². The molecule has 6 nitrogen and oxygen atoms in total. The van der Waals surface area contributed by atoms with E-state index in [4.69, 9.17) is 10.2 Å². The Morgan fingerprint density at radius 3 is 2.33 bits per heavy atom. The number of nitrogens with zero attached hydrogens (tertiary/aromatic N) is 1. The minimum atomic E-state index is -3.68. The summed E-state index contributed by atoms with van der Waals surface area (Å²) in [4.78, 5) is 10.1. The quantitative estimate of drug-likeness (QED) is 0.547. The van der Waals surface area contributed by atoms with Crippen LogP contribution in [0.4, 0.5) is 0 Å². The van der Waals surface area contributed by atoms with E-state index < -0.39 is 27.8 Å².